The zero-order valence-corrected chi connectivity index (χ0v) is 8.00. The number of rotatable bonds is 3. The first-order valence-corrected chi connectivity index (χ1v) is 4.95. The number of halogens is 1. The molecule has 0 spiro atoms. The molecule has 1 aromatic carbocycles. The van der Waals surface area contributed by atoms with Crippen LogP contribution >= 0.6 is 0 Å². The summed E-state index contributed by atoms with van der Waals surface area (Å²) in [7, 11) is -2.64. The molecule has 0 bridgehead atoms. The number of anilines is 1. The maximum Gasteiger partial charge on any atom is 0.225 e. The summed E-state index contributed by atoms with van der Waals surface area (Å²) in [5, 5.41) is 0. The van der Waals surface area contributed by atoms with E-state index in [0.29, 0.717) is 12.2 Å². The number of hydrogen-bond donors (Lipinski definition) is 1. The number of hydrogen-bond acceptors (Lipinski definition) is 2. The summed E-state index contributed by atoms with van der Waals surface area (Å²) in [5.41, 5.74) is 0.486. The summed E-state index contributed by atoms with van der Waals surface area (Å²) < 4.78 is 35.0. The lowest BCUT2D eigenvalue weighted by Gasteiger charge is -2.14. The molecule has 0 saturated heterocycles. The van der Waals surface area contributed by atoms with E-state index in [9.17, 15) is 12.8 Å². The highest BCUT2D eigenvalue weighted by Gasteiger charge is 2.04. The van der Waals surface area contributed by atoms with Crippen LogP contribution in [0.3, 0.4) is 0 Å². The lowest BCUT2D eigenvalue weighted by Crippen LogP contribution is -2.19. The maximum absolute atomic E-state index is 12.5. The quantitative estimate of drug-likeness (QED) is 0.749. The van der Waals surface area contributed by atoms with E-state index in [-0.39, 0.29) is 5.82 Å². The predicted octanol–water partition coefficient (Wildman–Crippen LogP) is 1.18. The summed E-state index contributed by atoms with van der Waals surface area (Å²) in [6, 6.07) is 5.33. The Labute approximate surface area is 77.9 Å². The molecule has 0 fully saturated rings. The van der Waals surface area contributed by atoms with Crippen molar-refractivity contribution in [3.8, 4) is 0 Å². The van der Waals surface area contributed by atoms with Gasteiger partial charge in [-0.15, -0.1) is 0 Å². The summed E-state index contributed by atoms with van der Waals surface area (Å²) in [5.74, 6) is -0.374. The van der Waals surface area contributed by atoms with Crippen molar-refractivity contribution in [1.29, 1.82) is 0 Å². The number of benzene rings is 1. The molecule has 0 aliphatic carbocycles. The van der Waals surface area contributed by atoms with Crippen molar-refractivity contribution in [2.75, 3.05) is 10.8 Å². The van der Waals surface area contributed by atoms with Gasteiger partial charge in [-0.25, -0.2) is 12.8 Å². The van der Waals surface area contributed by atoms with E-state index in [0.717, 1.165) is 0 Å². The molecule has 72 valence electrons. The number of thiol groups is 1. The summed E-state index contributed by atoms with van der Waals surface area (Å²) in [6.45, 7) is 2.07. The second-order valence-corrected chi connectivity index (χ2v) is 3.39. The fourth-order valence-electron chi connectivity index (χ4n) is 1.01. The largest absolute Gasteiger partial charge is 0.273 e. The molecule has 0 unspecified atom stereocenters. The van der Waals surface area contributed by atoms with E-state index in [2.05, 4.69) is 0 Å². The van der Waals surface area contributed by atoms with E-state index in [4.69, 9.17) is 0 Å². The van der Waals surface area contributed by atoms with Crippen LogP contribution in [-0.4, -0.2) is 15.0 Å². The first-order valence-electron chi connectivity index (χ1n) is 3.82. The van der Waals surface area contributed by atoms with Crippen molar-refractivity contribution in [3.63, 3.8) is 0 Å². The SMILES string of the molecule is CCN(c1ccc(F)cc1)[SH](=O)=O. The van der Waals surface area contributed by atoms with Gasteiger partial charge in [0, 0.05) is 6.54 Å². The average Bonchev–Trinajstić information content (AvgIpc) is 2.09. The van der Waals surface area contributed by atoms with Gasteiger partial charge in [0.15, 0.2) is 0 Å². The smallest absolute Gasteiger partial charge is 0.225 e. The van der Waals surface area contributed by atoms with E-state index in [1.165, 1.54) is 28.6 Å². The standard InChI is InChI=1S/C8H10FNO2S/c1-2-10(13(11)12)8-5-3-7(9)4-6-8/h3-6,13H,2H2,1H3. The third kappa shape index (κ3) is 2.42. The van der Waals surface area contributed by atoms with Crippen molar-refractivity contribution >= 4 is 16.6 Å². The Morgan fingerprint density at radius 1 is 1.31 bits per heavy atom. The van der Waals surface area contributed by atoms with E-state index in [1.807, 2.05) is 0 Å². The van der Waals surface area contributed by atoms with E-state index in [1.54, 1.807) is 6.92 Å². The minimum atomic E-state index is -2.64. The predicted molar refractivity (Wildman–Crippen MR) is 49.7 cm³/mol. The van der Waals surface area contributed by atoms with Gasteiger partial charge in [-0.2, -0.15) is 0 Å². The van der Waals surface area contributed by atoms with Crippen LogP contribution in [0.25, 0.3) is 0 Å². The van der Waals surface area contributed by atoms with Crippen LogP contribution in [0.2, 0.25) is 0 Å². The zero-order valence-electron chi connectivity index (χ0n) is 7.11. The third-order valence-corrected chi connectivity index (χ3v) is 2.53. The molecule has 3 nitrogen and oxygen atoms in total. The van der Waals surface area contributed by atoms with Gasteiger partial charge in [0.1, 0.15) is 5.82 Å². The van der Waals surface area contributed by atoms with Crippen LogP contribution in [0, 0.1) is 5.82 Å². The van der Waals surface area contributed by atoms with Crippen LogP contribution in [0.5, 0.6) is 0 Å². The lowest BCUT2D eigenvalue weighted by atomic mass is 10.3. The fraction of sp³-hybridized carbons (Fsp3) is 0.250. The maximum atomic E-state index is 12.5. The Kier molecular flexibility index (Phi) is 3.25. The molecular formula is C8H10FNO2S. The van der Waals surface area contributed by atoms with Gasteiger partial charge in [0.25, 0.3) is 0 Å². The molecule has 0 heterocycles. The molecule has 5 heteroatoms. The molecule has 0 aliphatic rings. The molecule has 0 atom stereocenters. The Hall–Kier alpha value is -1.10. The van der Waals surface area contributed by atoms with Gasteiger partial charge in [0.05, 0.1) is 5.69 Å². The molecular weight excluding hydrogens is 193 g/mol. The monoisotopic (exact) mass is 203 g/mol. The van der Waals surface area contributed by atoms with Crippen LogP contribution in [0.4, 0.5) is 10.1 Å². The zero-order chi connectivity index (χ0) is 9.84. The van der Waals surface area contributed by atoms with Gasteiger partial charge >= 0.3 is 0 Å². The Morgan fingerprint density at radius 2 is 1.85 bits per heavy atom. The topological polar surface area (TPSA) is 37.4 Å². The fourth-order valence-corrected chi connectivity index (χ4v) is 1.56. The molecule has 1 aromatic rings. The van der Waals surface area contributed by atoms with Crippen LogP contribution in [0.1, 0.15) is 6.92 Å². The van der Waals surface area contributed by atoms with Gasteiger partial charge in [-0.05, 0) is 31.2 Å². The minimum absolute atomic E-state index is 0.352. The highest BCUT2D eigenvalue weighted by atomic mass is 32.2. The summed E-state index contributed by atoms with van der Waals surface area (Å²) >= 11 is 0. The van der Waals surface area contributed by atoms with Crippen molar-refractivity contribution in [3.05, 3.63) is 30.1 Å². The molecule has 0 aromatic heterocycles. The molecule has 13 heavy (non-hydrogen) atoms. The van der Waals surface area contributed by atoms with Crippen molar-refractivity contribution < 1.29 is 12.8 Å². The van der Waals surface area contributed by atoms with Gasteiger partial charge in [0.2, 0.25) is 10.9 Å². The molecule has 0 saturated carbocycles. The van der Waals surface area contributed by atoms with Gasteiger partial charge in [-0.3, -0.25) is 4.31 Å². The second kappa shape index (κ2) is 4.23. The minimum Gasteiger partial charge on any atom is -0.273 e. The van der Waals surface area contributed by atoms with Crippen molar-refractivity contribution in [2.24, 2.45) is 0 Å². The normalized spacial score (nSPS) is 10.4. The number of nitrogens with zero attached hydrogens (tertiary/aromatic N) is 1. The van der Waals surface area contributed by atoms with Crippen molar-refractivity contribution in [2.45, 2.75) is 6.92 Å². The molecule has 0 radical (unpaired) electrons. The molecule has 0 N–H and O–H groups in total. The molecule has 1 rings (SSSR count). The third-order valence-electron chi connectivity index (χ3n) is 1.62. The Bertz CT molecular complexity index is 340. The summed E-state index contributed by atoms with van der Waals surface area (Å²) in [4.78, 5) is 0. The highest BCUT2D eigenvalue weighted by Crippen LogP contribution is 2.14. The van der Waals surface area contributed by atoms with E-state index < -0.39 is 10.9 Å². The molecule has 0 aliphatic heterocycles. The van der Waals surface area contributed by atoms with Crippen LogP contribution in [0.15, 0.2) is 24.3 Å². The Morgan fingerprint density at radius 3 is 2.23 bits per heavy atom. The highest BCUT2D eigenvalue weighted by molar-refractivity contribution is 7.74. The second-order valence-electron chi connectivity index (χ2n) is 2.43. The Balaban J connectivity index is 2.99. The molecule has 0 amide bonds. The van der Waals surface area contributed by atoms with Gasteiger partial charge < -0.3 is 0 Å². The van der Waals surface area contributed by atoms with Gasteiger partial charge in [-0.1, -0.05) is 0 Å². The first kappa shape index (κ1) is 9.98. The van der Waals surface area contributed by atoms with Crippen LogP contribution in [-0.2, 0) is 10.9 Å². The summed E-state index contributed by atoms with van der Waals surface area (Å²) in [6.07, 6.45) is 0. The average molecular weight is 203 g/mol. The van der Waals surface area contributed by atoms with Crippen LogP contribution < -0.4 is 4.31 Å². The van der Waals surface area contributed by atoms with E-state index >= 15 is 0 Å². The lowest BCUT2D eigenvalue weighted by molar-refractivity contribution is 0.610. The van der Waals surface area contributed by atoms with Crippen molar-refractivity contribution in [1.82, 2.24) is 0 Å². The first-order chi connectivity index (χ1) is 6.15.